The van der Waals surface area contributed by atoms with Crippen LogP contribution in [0.4, 0.5) is 0 Å². The van der Waals surface area contributed by atoms with Crippen molar-refractivity contribution in [2.45, 2.75) is 13.5 Å². The van der Waals surface area contributed by atoms with E-state index in [0.717, 1.165) is 22.3 Å². The number of ether oxygens (including phenoxy) is 1. The summed E-state index contributed by atoms with van der Waals surface area (Å²) in [4.78, 5) is 8.77. The van der Waals surface area contributed by atoms with Crippen LogP contribution in [0.3, 0.4) is 0 Å². The van der Waals surface area contributed by atoms with E-state index in [-0.39, 0.29) is 0 Å². The average molecular weight is 265 g/mol. The number of nitrogens with two attached hydrogens (primary N) is 1. The molecule has 0 saturated heterocycles. The highest BCUT2D eigenvalue weighted by Gasteiger charge is 2.08. The molecule has 4 nitrogen and oxygen atoms in total. The van der Waals surface area contributed by atoms with E-state index >= 15 is 0 Å². The fourth-order valence-corrected chi connectivity index (χ4v) is 2.09. The third kappa shape index (κ3) is 2.33. The predicted molar refractivity (Wildman–Crippen MR) is 78.7 cm³/mol. The van der Waals surface area contributed by atoms with Crippen molar-refractivity contribution in [1.82, 2.24) is 9.97 Å². The van der Waals surface area contributed by atoms with Gasteiger partial charge in [-0.05, 0) is 31.2 Å². The summed E-state index contributed by atoms with van der Waals surface area (Å²) in [6, 6.07) is 13.6. The normalized spacial score (nSPS) is 10.7. The molecule has 1 aromatic carbocycles. The van der Waals surface area contributed by atoms with Gasteiger partial charge in [-0.25, -0.2) is 4.98 Å². The summed E-state index contributed by atoms with van der Waals surface area (Å²) in [5.74, 6) is 1.39. The molecule has 0 spiro atoms. The number of hydrogen-bond donors (Lipinski definition) is 1. The SMILES string of the molecule is Cc1ccc2cccc(Oc3cccnc3CN)c2n1. The lowest BCUT2D eigenvalue weighted by Crippen LogP contribution is -2.02. The van der Waals surface area contributed by atoms with Crippen LogP contribution in [-0.4, -0.2) is 9.97 Å². The van der Waals surface area contributed by atoms with Gasteiger partial charge in [0.25, 0.3) is 0 Å². The lowest BCUT2D eigenvalue weighted by atomic mass is 10.2. The molecule has 3 aromatic rings. The van der Waals surface area contributed by atoms with E-state index in [1.54, 1.807) is 6.20 Å². The minimum atomic E-state index is 0.341. The Hall–Kier alpha value is -2.46. The summed E-state index contributed by atoms with van der Waals surface area (Å²) < 4.78 is 5.96. The fraction of sp³-hybridized carbons (Fsp3) is 0.125. The second kappa shape index (κ2) is 5.27. The Balaban J connectivity index is 2.08. The minimum Gasteiger partial charge on any atom is -0.453 e. The summed E-state index contributed by atoms with van der Waals surface area (Å²) in [5, 5.41) is 1.05. The van der Waals surface area contributed by atoms with Crippen molar-refractivity contribution in [1.29, 1.82) is 0 Å². The number of aryl methyl sites for hydroxylation is 1. The highest BCUT2D eigenvalue weighted by atomic mass is 16.5. The molecule has 2 aromatic heterocycles. The molecule has 0 radical (unpaired) electrons. The number of aromatic nitrogens is 2. The maximum absolute atomic E-state index is 5.96. The first-order valence-electron chi connectivity index (χ1n) is 6.46. The first-order chi connectivity index (χ1) is 9.78. The van der Waals surface area contributed by atoms with E-state index in [1.165, 1.54) is 0 Å². The average Bonchev–Trinajstić information content (AvgIpc) is 2.48. The van der Waals surface area contributed by atoms with Gasteiger partial charge < -0.3 is 10.5 Å². The molecule has 0 amide bonds. The van der Waals surface area contributed by atoms with E-state index < -0.39 is 0 Å². The molecule has 0 unspecified atom stereocenters. The zero-order valence-corrected chi connectivity index (χ0v) is 11.2. The Morgan fingerprint density at radius 2 is 1.90 bits per heavy atom. The van der Waals surface area contributed by atoms with Crippen LogP contribution in [0.2, 0.25) is 0 Å². The number of nitrogens with zero attached hydrogens (tertiary/aromatic N) is 2. The molecule has 0 aliphatic rings. The van der Waals surface area contributed by atoms with Crippen molar-refractivity contribution >= 4 is 10.9 Å². The summed E-state index contributed by atoms with van der Waals surface area (Å²) in [5.41, 5.74) is 8.22. The van der Waals surface area contributed by atoms with Gasteiger partial charge in [0.1, 0.15) is 11.3 Å². The Labute approximate surface area is 117 Å². The van der Waals surface area contributed by atoms with Gasteiger partial charge in [-0.3, -0.25) is 4.98 Å². The molecule has 2 N–H and O–H groups in total. The van der Waals surface area contributed by atoms with E-state index in [9.17, 15) is 0 Å². The lowest BCUT2D eigenvalue weighted by molar-refractivity contribution is 0.477. The molecule has 20 heavy (non-hydrogen) atoms. The third-order valence-electron chi connectivity index (χ3n) is 3.08. The molecular formula is C16H15N3O. The number of fused-ring (bicyclic) bond motifs is 1. The van der Waals surface area contributed by atoms with Gasteiger partial charge in [-0.1, -0.05) is 18.2 Å². The van der Waals surface area contributed by atoms with Crippen LogP contribution >= 0.6 is 0 Å². The number of hydrogen-bond acceptors (Lipinski definition) is 4. The molecule has 0 bridgehead atoms. The van der Waals surface area contributed by atoms with Gasteiger partial charge in [0.05, 0.1) is 5.69 Å². The van der Waals surface area contributed by atoms with Gasteiger partial charge in [0.2, 0.25) is 0 Å². The maximum atomic E-state index is 5.96. The molecule has 100 valence electrons. The zero-order valence-electron chi connectivity index (χ0n) is 11.2. The highest BCUT2D eigenvalue weighted by Crippen LogP contribution is 2.29. The molecular weight excluding hydrogens is 250 g/mol. The predicted octanol–water partition coefficient (Wildman–Crippen LogP) is 3.19. The van der Waals surface area contributed by atoms with Crippen molar-refractivity contribution in [3.05, 3.63) is 60.0 Å². The fourth-order valence-electron chi connectivity index (χ4n) is 2.09. The number of para-hydroxylation sites is 1. The summed E-state index contributed by atoms with van der Waals surface area (Å²) in [7, 11) is 0. The maximum Gasteiger partial charge on any atom is 0.153 e. The van der Waals surface area contributed by atoms with Crippen LogP contribution in [0.15, 0.2) is 48.7 Å². The molecule has 0 atom stereocenters. The van der Waals surface area contributed by atoms with Gasteiger partial charge in [0.15, 0.2) is 5.75 Å². The van der Waals surface area contributed by atoms with Crippen LogP contribution in [-0.2, 0) is 6.54 Å². The largest absolute Gasteiger partial charge is 0.453 e. The molecule has 3 rings (SSSR count). The van der Waals surface area contributed by atoms with Crippen molar-refractivity contribution in [3.8, 4) is 11.5 Å². The van der Waals surface area contributed by atoms with Crippen molar-refractivity contribution < 1.29 is 4.74 Å². The second-order valence-corrected chi connectivity index (χ2v) is 4.53. The monoisotopic (exact) mass is 265 g/mol. The van der Waals surface area contributed by atoms with Crippen LogP contribution in [0, 0.1) is 6.92 Å². The minimum absolute atomic E-state index is 0.341. The molecule has 0 aliphatic carbocycles. The van der Waals surface area contributed by atoms with Crippen LogP contribution in [0.25, 0.3) is 10.9 Å². The van der Waals surface area contributed by atoms with E-state index in [1.807, 2.05) is 49.4 Å². The van der Waals surface area contributed by atoms with E-state index in [2.05, 4.69) is 9.97 Å². The van der Waals surface area contributed by atoms with Crippen molar-refractivity contribution in [3.63, 3.8) is 0 Å². The quantitative estimate of drug-likeness (QED) is 0.790. The number of rotatable bonds is 3. The Bertz CT molecular complexity index is 756. The topological polar surface area (TPSA) is 61.0 Å². The Kier molecular flexibility index (Phi) is 3.31. The third-order valence-corrected chi connectivity index (χ3v) is 3.08. The van der Waals surface area contributed by atoms with Crippen molar-refractivity contribution in [2.75, 3.05) is 0 Å². The summed E-state index contributed by atoms with van der Waals surface area (Å²) >= 11 is 0. The first kappa shape index (κ1) is 12.6. The number of benzene rings is 1. The molecule has 0 aliphatic heterocycles. The Morgan fingerprint density at radius 3 is 2.75 bits per heavy atom. The van der Waals surface area contributed by atoms with Crippen molar-refractivity contribution in [2.24, 2.45) is 5.73 Å². The molecule has 4 heteroatoms. The van der Waals surface area contributed by atoms with E-state index in [4.69, 9.17) is 10.5 Å². The Morgan fingerprint density at radius 1 is 1.05 bits per heavy atom. The smallest absolute Gasteiger partial charge is 0.153 e. The van der Waals surface area contributed by atoms with Crippen LogP contribution < -0.4 is 10.5 Å². The van der Waals surface area contributed by atoms with Gasteiger partial charge >= 0.3 is 0 Å². The summed E-state index contributed by atoms with van der Waals surface area (Å²) in [6.45, 7) is 2.30. The van der Waals surface area contributed by atoms with Crippen LogP contribution in [0.5, 0.6) is 11.5 Å². The standard InChI is InChI=1S/C16H15N3O/c1-11-7-8-12-4-2-5-15(16(12)19-11)20-14-6-3-9-18-13(14)10-17/h2-9H,10,17H2,1H3. The lowest BCUT2D eigenvalue weighted by Gasteiger charge is -2.11. The van der Waals surface area contributed by atoms with Crippen LogP contribution in [0.1, 0.15) is 11.4 Å². The molecule has 0 fully saturated rings. The zero-order chi connectivity index (χ0) is 13.9. The van der Waals surface area contributed by atoms with E-state index in [0.29, 0.717) is 18.0 Å². The highest BCUT2D eigenvalue weighted by molar-refractivity contribution is 5.84. The first-order valence-corrected chi connectivity index (χ1v) is 6.46. The second-order valence-electron chi connectivity index (χ2n) is 4.53. The van der Waals surface area contributed by atoms with Gasteiger partial charge in [0, 0.05) is 23.8 Å². The number of pyridine rings is 2. The van der Waals surface area contributed by atoms with Gasteiger partial charge in [-0.2, -0.15) is 0 Å². The summed E-state index contributed by atoms with van der Waals surface area (Å²) in [6.07, 6.45) is 1.71. The molecule has 2 heterocycles. The van der Waals surface area contributed by atoms with Gasteiger partial charge in [-0.15, -0.1) is 0 Å². The molecule has 0 saturated carbocycles.